The van der Waals surface area contributed by atoms with Crippen LogP contribution in [0.1, 0.15) is 59.8 Å². The van der Waals surface area contributed by atoms with Gasteiger partial charge in [0.1, 0.15) is 12.2 Å². The molecule has 0 radical (unpaired) electrons. The van der Waals surface area contributed by atoms with Crippen LogP contribution in [0.4, 0.5) is 0 Å². The zero-order chi connectivity index (χ0) is 19.3. The number of carbonyl (C=O) groups is 2. The smallest absolute Gasteiger partial charge is 0.334 e. The molecule has 2 unspecified atom stereocenters. The predicted octanol–water partition coefficient (Wildman–Crippen LogP) is 2.73. The quantitative estimate of drug-likeness (QED) is 0.611. The average molecular weight is 366 g/mol. The van der Waals surface area contributed by atoms with E-state index in [2.05, 4.69) is 6.58 Å². The molecule has 6 heteroatoms. The molecule has 3 aliphatic heterocycles. The highest BCUT2D eigenvalue weighted by atomic mass is 16.6. The van der Waals surface area contributed by atoms with Crippen molar-refractivity contribution in [2.45, 2.75) is 83.4 Å². The average Bonchev–Trinajstić information content (AvgIpc) is 3.03. The van der Waals surface area contributed by atoms with E-state index in [9.17, 15) is 14.7 Å². The van der Waals surface area contributed by atoms with Gasteiger partial charge in [-0.15, -0.1) is 0 Å². The van der Waals surface area contributed by atoms with Gasteiger partial charge in [-0.25, -0.2) is 4.79 Å². The largest absolute Gasteiger partial charge is 0.461 e. The highest BCUT2D eigenvalue weighted by Gasteiger charge is 2.56. The molecule has 0 aromatic rings. The Balaban J connectivity index is 1.95. The first-order valence-corrected chi connectivity index (χ1v) is 9.61. The minimum Gasteiger partial charge on any atom is -0.461 e. The van der Waals surface area contributed by atoms with Gasteiger partial charge in [0, 0.05) is 24.3 Å². The monoisotopic (exact) mass is 366 g/mol. The standard InChI is InChI=1S/C20H30O6/c1-6-11(2)17(21)25-15-10-19(5)7-8-20(23,26-19)12(3)9-14-16(15)13(4)18(22)24-14/h11-12,14-16,23H,4,6-10H2,1-3,5H3/t11?,12?,14-,15-,16+,19-,20+/m1/s1. The van der Waals surface area contributed by atoms with Crippen molar-refractivity contribution in [3.63, 3.8) is 0 Å². The van der Waals surface area contributed by atoms with E-state index in [0.29, 0.717) is 37.7 Å². The second-order valence-electron chi connectivity index (χ2n) is 8.52. The van der Waals surface area contributed by atoms with Crippen molar-refractivity contribution in [2.75, 3.05) is 0 Å². The van der Waals surface area contributed by atoms with Crippen molar-refractivity contribution in [2.24, 2.45) is 17.8 Å². The van der Waals surface area contributed by atoms with Crippen molar-refractivity contribution in [3.05, 3.63) is 12.2 Å². The van der Waals surface area contributed by atoms with Gasteiger partial charge in [-0.1, -0.05) is 27.4 Å². The van der Waals surface area contributed by atoms with E-state index in [1.54, 1.807) is 0 Å². The molecule has 1 N–H and O–H groups in total. The lowest BCUT2D eigenvalue weighted by Crippen LogP contribution is -2.41. The zero-order valence-corrected chi connectivity index (χ0v) is 16.1. The Morgan fingerprint density at radius 2 is 2.15 bits per heavy atom. The van der Waals surface area contributed by atoms with Crippen LogP contribution in [-0.4, -0.2) is 40.6 Å². The van der Waals surface area contributed by atoms with Crippen LogP contribution in [0.15, 0.2) is 12.2 Å². The number of rotatable bonds is 3. The molecule has 7 atom stereocenters. The molecule has 0 spiro atoms. The second kappa shape index (κ2) is 6.64. The third-order valence-electron chi connectivity index (χ3n) is 6.43. The summed E-state index contributed by atoms with van der Waals surface area (Å²) >= 11 is 0. The van der Waals surface area contributed by atoms with Crippen LogP contribution >= 0.6 is 0 Å². The van der Waals surface area contributed by atoms with Crippen LogP contribution in [0, 0.1) is 17.8 Å². The molecule has 0 amide bonds. The van der Waals surface area contributed by atoms with Crippen molar-refractivity contribution in [1.82, 2.24) is 0 Å². The lowest BCUT2D eigenvalue weighted by molar-refractivity contribution is -0.250. The first kappa shape index (κ1) is 19.4. The van der Waals surface area contributed by atoms with Gasteiger partial charge in [0.2, 0.25) is 0 Å². The van der Waals surface area contributed by atoms with Crippen LogP contribution in [0.3, 0.4) is 0 Å². The molecule has 146 valence electrons. The summed E-state index contributed by atoms with van der Waals surface area (Å²) in [7, 11) is 0. The van der Waals surface area contributed by atoms with E-state index in [-0.39, 0.29) is 17.8 Å². The molecular weight excluding hydrogens is 336 g/mol. The molecule has 3 heterocycles. The van der Waals surface area contributed by atoms with Crippen LogP contribution in [0.25, 0.3) is 0 Å². The van der Waals surface area contributed by atoms with Crippen LogP contribution in [0.2, 0.25) is 0 Å². The minimum absolute atomic E-state index is 0.209. The summed E-state index contributed by atoms with van der Waals surface area (Å²) in [5.41, 5.74) is -0.276. The molecular formula is C20H30O6. The van der Waals surface area contributed by atoms with Gasteiger partial charge in [-0.2, -0.15) is 0 Å². The molecule has 0 saturated carbocycles. The number of esters is 2. The SMILES string of the molecule is C=C1C(=O)O[C@@H]2CC(C)[C@]3(O)CC[C@](C)(C[C@@H](OC(=O)C(C)CC)[C@@H]12)O3. The van der Waals surface area contributed by atoms with E-state index in [1.165, 1.54) is 0 Å². The fourth-order valence-corrected chi connectivity index (χ4v) is 4.40. The molecule has 3 aliphatic rings. The molecule has 0 aliphatic carbocycles. The highest BCUT2D eigenvalue weighted by Crippen LogP contribution is 2.49. The molecule has 6 nitrogen and oxygen atoms in total. The molecule has 0 aromatic heterocycles. The Hall–Kier alpha value is -1.40. The van der Waals surface area contributed by atoms with Gasteiger partial charge < -0.3 is 19.3 Å². The normalized spacial score (nSPS) is 43.7. The predicted molar refractivity (Wildman–Crippen MR) is 93.9 cm³/mol. The Morgan fingerprint density at radius 3 is 2.81 bits per heavy atom. The van der Waals surface area contributed by atoms with Gasteiger partial charge in [-0.05, 0) is 26.2 Å². The summed E-state index contributed by atoms with van der Waals surface area (Å²) in [5.74, 6) is -2.80. The van der Waals surface area contributed by atoms with Crippen LogP contribution in [0.5, 0.6) is 0 Å². The maximum atomic E-state index is 12.5. The van der Waals surface area contributed by atoms with Gasteiger partial charge >= 0.3 is 11.9 Å². The number of carbonyl (C=O) groups excluding carboxylic acids is 2. The van der Waals surface area contributed by atoms with Crippen LogP contribution < -0.4 is 0 Å². The third-order valence-corrected chi connectivity index (χ3v) is 6.43. The Kier molecular flexibility index (Phi) is 4.95. The minimum atomic E-state index is -1.24. The fourth-order valence-electron chi connectivity index (χ4n) is 4.40. The fraction of sp³-hybridized carbons (Fsp3) is 0.800. The maximum absolute atomic E-state index is 12.5. The second-order valence-corrected chi connectivity index (χ2v) is 8.52. The zero-order valence-electron chi connectivity index (χ0n) is 16.1. The molecule has 2 bridgehead atoms. The Labute approximate surface area is 154 Å². The number of aliphatic hydroxyl groups is 1. The highest BCUT2D eigenvalue weighted by molar-refractivity contribution is 5.91. The summed E-state index contributed by atoms with van der Waals surface area (Å²) < 4.78 is 17.5. The van der Waals surface area contributed by atoms with E-state index >= 15 is 0 Å². The van der Waals surface area contributed by atoms with Crippen LogP contribution in [-0.2, 0) is 23.8 Å². The first-order valence-electron chi connectivity index (χ1n) is 9.61. The van der Waals surface area contributed by atoms with Crippen molar-refractivity contribution < 1.29 is 28.9 Å². The van der Waals surface area contributed by atoms with E-state index in [1.807, 2.05) is 27.7 Å². The van der Waals surface area contributed by atoms with Gasteiger partial charge in [0.25, 0.3) is 0 Å². The summed E-state index contributed by atoms with van der Waals surface area (Å²) in [6.07, 6.45) is 1.70. The van der Waals surface area contributed by atoms with E-state index in [0.717, 1.165) is 0 Å². The molecule has 26 heavy (non-hydrogen) atoms. The lowest BCUT2D eigenvalue weighted by atomic mass is 9.78. The third kappa shape index (κ3) is 3.29. The maximum Gasteiger partial charge on any atom is 0.334 e. The van der Waals surface area contributed by atoms with Crippen molar-refractivity contribution in [1.29, 1.82) is 0 Å². The summed E-state index contributed by atoms with van der Waals surface area (Å²) in [5, 5.41) is 10.9. The lowest BCUT2D eigenvalue weighted by Gasteiger charge is -2.34. The molecule has 3 fully saturated rings. The van der Waals surface area contributed by atoms with Gasteiger partial charge in [-0.3, -0.25) is 4.79 Å². The number of ether oxygens (including phenoxy) is 3. The van der Waals surface area contributed by atoms with Crippen molar-refractivity contribution in [3.8, 4) is 0 Å². The topological polar surface area (TPSA) is 82.1 Å². The first-order chi connectivity index (χ1) is 12.1. The molecule has 0 aromatic carbocycles. The summed E-state index contributed by atoms with van der Waals surface area (Å²) in [4.78, 5) is 24.6. The van der Waals surface area contributed by atoms with Gasteiger partial charge in [0.05, 0.1) is 17.4 Å². The Morgan fingerprint density at radius 1 is 1.46 bits per heavy atom. The van der Waals surface area contributed by atoms with Crippen molar-refractivity contribution >= 4 is 11.9 Å². The van der Waals surface area contributed by atoms with Gasteiger partial charge in [0.15, 0.2) is 5.79 Å². The summed E-state index contributed by atoms with van der Waals surface area (Å²) in [6, 6.07) is 0. The number of hydrogen-bond donors (Lipinski definition) is 1. The van der Waals surface area contributed by atoms with E-state index < -0.39 is 35.5 Å². The molecule has 3 saturated heterocycles. The summed E-state index contributed by atoms with van der Waals surface area (Å²) in [6.45, 7) is 11.5. The van der Waals surface area contributed by atoms with E-state index in [4.69, 9.17) is 14.2 Å². The number of fused-ring (bicyclic) bond motifs is 3. The molecule has 3 rings (SSSR count). The number of hydrogen-bond acceptors (Lipinski definition) is 6. The Bertz CT molecular complexity index is 615.